The van der Waals surface area contributed by atoms with Crippen molar-refractivity contribution in [3.63, 3.8) is 0 Å². The van der Waals surface area contributed by atoms with Crippen LogP contribution < -0.4 is 0 Å². The molecule has 1 rings (SSSR count). The fraction of sp³-hybridized carbons (Fsp3) is 0.806. The molecule has 0 amide bonds. The van der Waals surface area contributed by atoms with E-state index < -0.39 is 0 Å². The first kappa shape index (κ1) is 30.7. The summed E-state index contributed by atoms with van der Waals surface area (Å²) in [5.41, 5.74) is 0.810. The molecule has 0 saturated heterocycles. The monoisotopic (exact) mass is 473 g/mol. The Bertz CT molecular complexity index is 546. The highest BCUT2D eigenvalue weighted by Crippen LogP contribution is 2.15. The summed E-state index contributed by atoms with van der Waals surface area (Å²) in [4.78, 5) is 15.9. The molecule has 0 aliphatic heterocycles. The Morgan fingerprint density at radius 1 is 0.618 bits per heavy atom. The van der Waals surface area contributed by atoms with Gasteiger partial charge in [0, 0.05) is 12.6 Å². The van der Waals surface area contributed by atoms with Crippen molar-refractivity contribution in [3.8, 4) is 0 Å². The summed E-state index contributed by atoms with van der Waals surface area (Å²) in [5, 5.41) is 0. The van der Waals surface area contributed by atoms with Gasteiger partial charge in [-0.2, -0.15) is 0 Å². The molecule has 0 aliphatic carbocycles. The summed E-state index contributed by atoms with van der Waals surface area (Å²) in [6.07, 6.45) is 32.7. The predicted octanol–water partition coefficient (Wildman–Crippen LogP) is 10.1. The maximum atomic E-state index is 11.8. The van der Waals surface area contributed by atoms with Crippen molar-refractivity contribution in [3.05, 3.63) is 30.1 Å². The summed E-state index contributed by atoms with van der Waals surface area (Å²) in [6.45, 7) is 2.58. The third kappa shape index (κ3) is 21.2. The standard InChI is InChI=1S/C31H55NO2/c1-2-3-4-5-6-7-8-9-10-11-12-13-14-15-16-17-18-19-20-21-22-23-27-31(33)34-29-30-26-24-25-28-32-30/h24-26,28H,2-23,27,29H2,1H3. The van der Waals surface area contributed by atoms with Gasteiger partial charge in [-0.15, -0.1) is 0 Å². The number of rotatable bonds is 25. The summed E-state index contributed by atoms with van der Waals surface area (Å²) in [6, 6.07) is 5.66. The van der Waals surface area contributed by atoms with Crippen molar-refractivity contribution in [1.82, 2.24) is 4.98 Å². The molecule has 3 nitrogen and oxygen atoms in total. The summed E-state index contributed by atoms with van der Waals surface area (Å²) in [5.74, 6) is -0.0983. The molecule has 3 heteroatoms. The second-order valence-electron chi connectivity index (χ2n) is 10.2. The third-order valence-electron chi connectivity index (χ3n) is 6.84. The van der Waals surface area contributed by atoms with E-state index >= 15 is 0 Å². The van der Waals surface area contributed by atoms with Gasteiger partial charge in [-0.3, -0.25) is 9.78 Å². The van der Waals surface area contributed by atoms with E-state index in [9.17, 15) is 4.79 Å². The maximum Gasteiger partial charge on any atom is 0.306 e. The second kappa shape index (κ2) is 24.7. The number of aromatic nitrogens is 1. The first-order valence-corrected chi connectivity index (χ1v) is 14.9. The number of carbonyl (C=O) groups is 1. The van der Waals surface area contributed by atoms with E-state index in [4.69, 9.17) is 4.74 Å². The number of carbonyl (C=O) groups excluding carboxylic acids is 1. The molecular formula is C31H55NO2. The van der Waals surface area contributed by atoms with Gasteiger partial charge in [-0.05, 0) is 18.6 Å². The Kier molecular flexibility index (Phi) is 22.3. The van der Waals surface area contributed by atoms with Crippen LogP contribution in [0, 0.1) is 0 Å². The highest BCUT2D eigenvalue weighted by Gasteiger charge is 2.03. The molecule has 0 fully saturated rings. The van der Waals surface area contributed by atoms with Gasteiger partial charge in [0.25, 0.3) is 0 Å². The summed E-state index contributed by atoms with van der Waals surface area (Å²) in [7, 11) is 0. The molecule has 34 heavy (non-hydrogen) atoms. The zero-order valence-electron chi connectivity index (χ0n) is 22.5. The highest BCUT2D eigenvalue weighted by atomic mass is 16.5. The molecule has 0 N–H and O–H groups in total. The third-order valence-corrected chi connectivity index (χ3v) is 6.84. The fourth-order valence-electron chi connectivity index (χ4n) is 4.59. The van der Waals surface area contributed by atoms with Gasteiger partial charge < -0.3 is 4.74 Å². The topological polar surface area (TPSA) is 39.2 Å². The minimum absolute atomic E-state index is 0.0983. The fourth-order valence-corrected chi connectivity index (χ4v) is 4.59. The number of esters is 1. The minimum atomic E-state index is -0.0983. The van der Waals surface area contributed by atoms with E-state index in [2.05, 4.69) is 11.9 Å². The normalized spacial score (nSPS) is 11.1. The first-order chi connectivity index (χ1) is 16.8. The lowest BCUT2D eigenvalue weighted by atomic mass is 10.0. The Labute approximate surface area is 211 Å². The van der Waals surface area contributed by atoms with E-state index in [0.717, 1.165) is 18.5 Å². The van der Waals surface area contributed by atoms with Gasteiger partial charge in [0.05, 0.1) is 5.69 Å². The van der Waals surface area contributed by atoms with Crippen molar-refractivity contribution < 1.29 is 9.53 Å². The zero-order chi connectivity index (χ0) is 24.4. The molecule has 0 bridgehead atoms. The van der Waals surface area contributed by atoms with Gasteiger partial charge in [0.1, 0.15) is 6.61 Å². The van der Waals surface area contributed by atoms with Gasteiger partial charge >= 0.3 is 5.97 Å². The lowest BCUT2D eigenvalue weighted by Gasteiger charge is -2.05. The Morgan fingerprint density at radius 3 is 1.41 bits per heavy atom. The number of ether oxygens (including phenoxy) is 1. The second-order valence-corrected chi connectivity index (χ2v) is 10.2. The van der Waals surface area contributed by atoms with E-state index in [1.54, 1.807) is 6.20 Å². The van der Waals surface area contributed by atoms with Crippen LogP contribution in [-0.4, -0.2) is 11.0 Å². The van der Waals surface area contributed by atoms with Crippen molar-refractivity contribution in [2.24, 2.45) is 0 Å². The average molecular weight is 474 g/mol. The lowest BCUT2D eigenvalue weighted by molar-refractivity contribution is -0.145. The van der Waals surface area contributed by atoms with Crippen molar-refractivity contribution in [2.45, 2.75) is 161 Å². The van der Waals surface area contributed by atoms with Crippen LogP contribution in [0.3, 0.4) is 0 Å². The predicted molar refractivity (Wildman–Crippen MR) is 146 cm³/mol. The smallest absolute Gasteiger partial charge is 0.306 e. The molecule has 0 radical (unpaired) electrons. The first-order valence-electron chi connectivity index (χ1n) is 14.9. The molecule has 1 aromatic heterocycles. The average Bonchev–Trinajstić information content (AvgIpc) is 2.86. The van der Waals surface area contributed by atoms with Gasteiger partial charge in [0.2, 0.25) is 0 Å². The van der Waals surface area contributed by atoms with Gasteiger partial charge in [-0.1, -0.05) is 148 Å². The highest BCUT2D eigenvalue weighted by molar-refractivity contribution is 5.69. The van der Waals surface area contributed by atoms with Crippen molar-refractivity contribution in [1.29, 1.82) is 0 Å². The molecular weight excluding hydrogens is 418 g/mol. The van der Waals surface area contributed by atoms with Crippen LogP contribution in [0.1, 0.15) is 160 Å². The molecule has 0 aliphatic rings. The Hall–Kier alpha value is -1.38. The lowest BCUT2D eigenvalue weighted by Crippen LogP contribution is -2.05. The molecule has 1 heterocycles. The van der Waals surface area contributed by atoms with Gasteiger partial charge in [-0.25, -0.2) is 0 Å². The number of hydrogen-bond donors (Lipinski definition) is 0. The molecule has 0 unspecified atom stereocenters. The van der Waals surface area contributed by atoms with Crippen LogP contribution in [-0.2, 0) is 16.1 Å². The summed E-state index contributed by atoms with van der Waals surface area (Å²) >= 11 is 0. The number of unbranched alkanes of at least 4 members (excludes halogenated alkanes) is 21. The number of pyridine rings is 1. The molecule has 0 atom stereocenters. The van der Waals surface area contributed by atoms with Crippen LogP contribution in [0.2, 0.25) is 0 Å². The minimum Gasteiger partial charge on any atom is -0.459 e. The molecule has 1 aromatic rings. The van der Waals surface area contributed by atoms with Crippen LogP contribution in [0.25, 0.3) is 0 Å². The quantitative estimate of drug-likeness (QED) is 0.105. The van der Waals surface area contributed by atoms with Crippen LogP contribution >= 0.6 is 0 Å². The zero-order valence-corrected chi connectivity index (χ0v) is 22.5. The van der Waals surface area contributed by atoms with E-state index in [0.29, 0.717) is 13.0 Å². The number of nitrogens with zero attached hydrogens (tertiary/aromatic N) is 1. The van der Waals surface area contributed by atoms with Crippen molar-refractivity contribution >= 4 is 5.97 Å². The molecule has 196 valence electrons. The van der Waals surface area contributed by atoms with Crippen LogP contribution in [0.5, 0.6) is 0 Å². The van der Waals surface area contributed by atoms with Crippen LogP contribution in [0.15, 0.2) is 24.4 Å². The van der Waals surface area contributed by atoms with Crippen LogP contribution in [0.4, 0.5) is 0 Å². The Morgan fingerprint density at radius 2 is 1.03 bits per heavy atom. The van der Waals surface area contributed by atoms with E-state index in [1.165, 1.54) is 128 Å². The molecule has 0 saturated carbocycles. The van der Waals surface area contributed by atoms with Crippen molar-refractivity contribution in [2.75, 3.05) is 0 Å². The SMILES string of the molecule is CCCCCCCCCCCCCCCCCCCCCCCCC(=O)OCc1ccccn1. The Balaban J connectivity index is 1.69. The molecule has 0 aromatic carbocycles. The number of hydrogen-bond acceptors (Lipinski definition) is 3. The van der Waals surface area contributed by atoms with E-state index in [1.807, 2.05) is 18.2 Å². The van der Waals surface area contributed by atoms with Gasteiger partial charge in [0.15, 0.2) is 0 Å². The largest absolute Gasteiger partial charge is 0.459 e. The summed E-state index contributed by atoms with van der Waals surface area (Å²) < 4.78 is 5.27. The van der Waals surface area contributed by atoms with E-state index in [-0.39, 0.29) is 5.97 Å². The maximum absolute atomic E-state index is 11.8. The molecule has 0 spiro atoms.